The van der Waals surface area contributed by atoms with Crippen LogP contribution in [0.4, 0.5) is 4.79 Å². The molecule has 0 bridgehead atoms. The third-order valence-electron chi connectivity index (χ3n) is 1.05. The van der Waals surface area contributed by atoms with Crippen LogP contribution in [-0.2, 0) is 9.53 Å². The molecule has 0 saturated heterocycles. The minimum absolute atomic E-state index is 0.202. The van der Waals surface area contributed by atoms with Gasteiger partial charge < -0.3 is 9.64 Å². The molecule has 0 aliphatic carbocycles. The number of methoxy groups -OCH3 is 1. The summed E-state index contributed by atoms with van der Waals surface area (Å²) < 4.78 is 4.27. The van der Waals surface area contributed by atoms with Crippen molar-refractivity contribution in [1.29, 1.82) is 0 Å². The zero-order valence-corrected chi connectivity index (χ0v) is 7.33. The third kappa shape index (κ3) is 4.32. The molecule has 5 heteroatoms. The summed E-state index contributed by atoms with van der Waals surface area (Å²) in [5, 5.41) is 2.23. The maximum atomic E-state index is 10.9. The average Bonchev–Trinajstić information content (AvgIpc) is 2.03. The van der Waals surface area contributed by atoms with E-state index in [0.717, 1.165) is 0 Å². The fourth-order valence-corrected chi connectivity index (χ4v) is 0.389. The van der Waals surface area contributed by atoms with Crippen molar-refractivity contribution in [2.45, 2.75) is 0 Å². The standard InChI is InChI=1S/C7H12N2O3/c1-9(2)6(10)4-5-8-7(11)12-3/h4-5H,1-3H3,(H,8,11)/b5-4+. The molecule has 0 aromatic rings. The van der Waals surface area contributed by atoms with Crippen LogP contribution in [-0.4, -0.2) is 38.1 Å². The van der Waals surface area contributed by atoms with Gasteiger partial charge in [0.25, 0.3) is 0 Å². The van der Waals surface area contributed by atoms with Crippen molar-refractivity contribution in [1.82, 2.24) is 10.2 Å². The number of carbonyl (C=O) groups is 2. The lowest BCUT2D eigenvalue weighted by molar-refractivity contribution is -0.123. The molecular formula is C7H12N2O3. The first-order valence-corrected chi connectivity index (χ1v) is 3.30. The number of nitrogens with one attached hydrogen (secondary N) is 1. The van der Waals surface area contributed by atoms with Gasteiger partial charge in [0.05, 0.1) is 7.11 Å². The van der Waals surface area contributed by atoms with Crippen LogP contribution in [0.5, 0.6) is 0 Å². The number of hydrogen-bond acceptors (Lipinski definition) is 3. The molecule has 12 heavy (non-hydrogen) atoms. The topological polar surface area (TPSA) is 58.6 Å². The van der Waals surface area contributed by atoms with E-state index in [-0.39, 0.29) is 5.91 Å². The second-order valence-corrected chi connectivity index (χ2v) is 2.20. The van der Waals surface area contributed by atoms with E-state index in [1.807, 2.05) is 0 Å². The van der Waals surface area contributed by atoms with Crippen LogP contribution in [0, 0.1) is 0 Å². The van der Waals surface area contributed by atoms with Crippen molar-refractivity contribution >= 4 is 12.0 Å². The molecule has 0 radical (unpaired) electrons. The summed E-state index contributed by atoms with van der Waals surface area (Å²) >= 11 is 0. The van der Waals surface area contributed by atoms with E-state index in [1.165, 1.54) is 24.3 Å². The van der Waals surface area contributed by atoms with Gasteiger partial charge in [-0.25, -0.2) is 4.79 Å². The Morgan fingerprint density at radius 2 is 2.00 bits per heavy atom. The number of likely N-dealkylation sites (N-methyl/N-ethyl adjacent to an activating group) is 1. The molecule has 0 atom stereocenters. The third-order valence-corrected chi connectivity index (χ3v) is 1.05. The smallest absolute Gasteiger partial charge is 0.410 e. The van der Waals surface area contributed by atoms with Gasteiger partial charge in [-0.2, -0.15) is 0 Å². The Balaban J connectivity index is 3.77. The Kier molecular flexibility index (Phi) is 4.52. The van der Waals surface area contributed by atoms with Crippen LogP contribution in [0.3, 0.4) is 0 Å². The number of rotatable bonds is 2. The van der Waals surface area contributed by atoms with Gasteiger partial charge >= 0.3 is 6.09 Å². The highest BCUT2D eigenvalue weighted by Gasteiger charge is 1.97. The molecule has 0 spiro atoms. The highest BCUT2D eigenvalue weighted by atomic mass is 16.5. The summed E-state index contributed by atoms with van der Waals surface area (Å²) in [5.41, 5.74) is 0. The van der Waals surface area contributed by atoms with Crippen molar-refractivity contribution in [3.8, 4) is 0 Å². The van der Waals surface area contributed by atoms with Gasteiger partial charge in [-0.05, 0) is 0 Å². The van der Waals surface area contributed by atoms with Crippen LogP contribution < -0.4 is 5.32 Å². The van der Waals surface area contributed by atoms with E-state index in [0.29, 0.717) is 0 Å². The van der Waals surface area contributed by atoms with Crippen LogP contribution >= 0.6 is 0 Å². The summed E-state index contributed by atoms with van der Waals surface area (Å²) in [7, 11) is 4.48. The average molecular weight is 172 g/mol. The molecule has 0 saturated carbocycles. The second-order valence-electron chi connectivity index (χ2n) is 2.20. The molecule has 0 heterocycles. The van der Waals surface area contributed by atoms with Gasteiger partial charge in [-0.15, -0.1) is 0 Å². The SMILES string of the molecule is COC(=O)N/C=C/C(=O)N(C)C. The summed E-state index contributed by atoms with van der Waals surface area (Å²) in [5.74, 6) is -0.202. The summed E-state index contributed by atoms with van der Waals surface area (Å²) in [6.45, 7) is 0. The van der Waals surface area contributed by atoms with Gasteiger partial charge in [0.1, 0.15) is 0 Å². The fourth-order valence-electron chi connectivity index (χ4n) is 0.389. The monoisotopic (exact) mass is 172 g/mol. The maximum Gasteiger partial charge on any atom is 0.410 e. The van der Waals surface area contributed by atoms with Crippen molar-refractivity contribution < 1.29 is 14.3 Å². The quantitative estimate of drug-likeness (QED) is 0.594. The van der Waals surface area contributed by atoms with E-state index in [9.17, 15) is 9.59 Å². The largest absolute Gasteiger partial charge is 0.453 e. The number of carbonyl (C=O) groups excluding carboxylic acids is 2. The Morgan fingerprint density at radius 1 is 1.42 bits per heavy atom. The number of amides is 2. The molecule has 5 nitrogen and oxygen atoms in total. The zero-order chi connectivity index (χ0) is 9.56. The number of alkyl carbamates (subject to hydrolysis) is 1. The van der Waals surface area contributed by atoms with Gasteiger partial charge in [0.2, 0.25) is 5.91 Å². The van der Waals surface area contributed by atoms with Gasteiger partial charge in [-0.1, -0.05) is 0 Å². The lowest BCUT2D eigenvalue weighted by Gasteiger charge is -2.04. The first-order chi connectivity index (χ1) is 5.57. The van der Waals surface area contributed by atoms with Gasteiger partial charge in [0, 0.05) is 26.4 Å². The van der Waals surface area contributed by atoms with E-state index >= 15 is 0 Å². The molecular weight excluding hydrogens is 160 g/mol. The Morgan fingerprint density at radius 3 is 2.42 bits per heavy atom. The van der Waals surface area contributed by atoms with Gasteiger partial charge in [-0.3, -0.25) is 10.1 Å². The lowest BCUT2D eigenvalue weighted by atomic mass is 10.5. The summed E-state index contributed by atoms with van der Waals surface area (Å²) in [6, 6.07) is 0. The number of nitrogens with zero attached hydrogens (tertiary/aromatic N) is 1. The highest BCUT2D eigenvalue weighted by molar-refractivity contribution is 5.87. The van der Waals surface area contributed by atoms with Crippen LogP contribution in [0.2, 0.25) is 0 Å². The van der Waals surface area contributed by atoms with Crippen LogP contribution in [0.25, 0.3) is 0 Å². The Labute approximate surface area is 71.0 Å². The van der Waals surface area contributed by atoms with E-state index in [2.05, 4.69) is 10.1 Å². The molecule has 0 fully saturated rings. The van der Waals surface area contributed by atoms with Crippen molar-refractivity contribution in [3.05, 3.63) is 12.3 Å². The van der Waals surface area contributed by atoms with Crippen molar-refractivity contribution in [3.63, 3.8) is 0 Å². The van der Waals surface area contributed by atoms with Gasteiger partial charge in [0.15, 0.2) is 0 Å². The van der Waals surface area contributed by atoms with Crippen molar-refractivity contribution in [2.75, 3.05) is 21.2 Å². The van der Waals surface area contributed by atoms with Crippen LogP contribution in [0.15, 0.2) is 12.3 Å². The minimum atomic E-state index is -0.599. The molecule has 68 valence electrons. The molecule has 2 amide bonds. The fraction of sp³-hybridized carbons (Fsp3) is 0.429. The summed E-state index contributed by atoms with van der Waals surface area (Å²) in [4.78, 5) is 22.7. The lowest BCUT2D eigenvalue weighted by Crippen LogP contribution is -2.21. The van der Waals surface area contributed by atoms with E-state index < -0.39 is 6.09 Å². The maximum absolute atomic E-state index is 10.9. The van der Waals surface area contributed by atoms with Crippen molar-refractivity contribution in [2.24, 2.45) is 0 Å². The Hall–Kier alpha value is -1.52. The number of hydrogen-bond donors (Lipinski definition) is 1. The molecule has 0 aliphatic heterocycles. The highest BCUT2D eigenvalue weighted by Crippen LogP contribution is 1.80. The minimum Gasteiger partial charge on any atom is -0.453 e. The predicted molar refractivity (Wildman–Crippen MR) is 43.4 cm³/mol. The number of ether oxygens (including phenoxy) is 1. The molecule has 0 aliphatic rings. The Bertz CT molecular complexity index is 199. The zero-order valence-electron chi connectivity index (χ0n) is 7.33. The molecule has 0 aromatic heterocycles. The normalized spacial score (nSPS) is 9.58. The second kappa shape index (κ2) is 5.17. The van der Waals surface area contributed by atoms with E-state index in [4.69, 9.17) is 0 Å². The first-order valence-electron chi connectivity index (χ1n) is 3.30. The molecule has 1 N–H and O–H groups in total. The first kappa shape index (κ1) is 10.5. The summed E-state index contributed by atoms with van der Waals surface area (Å²) in [6.07, 6.45) is 1.86. The predicted octanol–water partition coefficient (Wildman–Crippen LogP) is -0.0557. The van der Waals surface area contributed by atoms with E-state index in [1.54, 1.807) is 14.1 Å². The molecule has 0 rings (SSSR count). The molecule has 0 unspecified atom stereocenters. The molecule has 0 aromatic carbocycles. The van der Waals surface area contributed by atoms with Crippen LogP contribution in [0.1, 0.15) is 0 Å².